The number of hydrogen-bond donors (Lipinski definition) is 2. The average molecular weight is 259 g/mol. The number of aromatic nitrogens is 5. The van der Waals surface area contributed by atoms with Crippen LogP contribution in [0.5, 0.6) is 0 Å². The highest BCUT2D eigenvalue weighted by Crippen LogP contribution is 2.19. The Morgan fingerprint density at radius 3 is 2.68 bits per heavy atom. The SMILES string of the molecule is CNC1CCN(c2n[nH]c(-c3cncnc3)n2)CC1. The van der Waals surface area contributed by atoms with Crippen LogP contribution >= 0.6 is 0 Å². The van der Waals surface area contributed by atoms with Crippen LogP contribution < -0.4 is 10.2 Å². The molecular weight excluding hydrogens is 242 g/mol. The molecule has 1 aliphatic rings. The summed E-state index contributed by atoms with van der Waals surface area (Å²) in [6.45, 7) is 1.96. The molecule has 19 heavy (non-hydrogen) atoms. The maximum absolute atomic E-state index is 4.51. The van der Waals surface area contributed by atoms with Gasteiger partial charge >= 0.3 is 0 Å². The van der Waals surface area contributed by atoms with Gasteiger partial charge in [0.1, 0.15) is 6.33 Å². The molecule has 1 fully saturated rings. The highest BCUT2D eigenvalue weighted by atomic mass is 15.4. The highest BCUT2D eigenvalue weighted by molar-refractivity contribution is 5.53. The third-order valence-electron chi connectivity index (χ3n) is 3.49. The second-order valence-corrected chi connectivity index (χ2v) is 4.66. The summed E-state index contributed by atoms with van der Waals surface area (Å²) in [5.74, 6) is 1.47. The summed E-state index contributed by atoms with van der Waals surface area (Å²) < 4.78 is 0. The molecule has 0 radical (unpaired) electrons. The molecule has 7 nitrogen and oxygen atoms in total. The van der Waals surface area contributed by atoms with Gasteiger partial charge in [0.05, 0.1) is 5.56 Å². The molecule has 1 saturated heterocycles. The molecule has 2 aromatic heterocycles. The Morgan fingerprint density at radius 2 is 2.00 bits per heavy atom. The van der Waals surface area contributed by atoms with Crippen molar-refractivity contribution in [2.24, 2.45) is 0 Å². The number of hydrogen-bond acceptors (Lipinski definition) is 6. The van der Waals surface area contributed by atoms with Crippen LogP contribution in [0.15, 0.2) is 18.7 Å². The van der Waals surface area contributed by atoms with Crippen molar-refractivity contribution in [3.05, 3.63) is 18.7 Å². The van der Waals surface area contributed by atoms with Gasteiger partial charge in [0.15, 0.2) is 5.82 Å². The second-order valence-electron chi connectivity index (χ2n) is 4.66. The zero-order chi connectivity index (χ0) is 13.1. The topological polar surface area (TPSA) is 82.6 Å². The quantitative estimate of drug-likeness (QED) is 0.832. The molecule has 2 aromatic rings. The number of rotatable bonds is 3. The number of piperidine rings is 1. The van der Waals surface area contributed by atoms with Gasteiger partial charge in [-0.3, -0.25) is 5.10 Å². The van der Waals surface area contributed by atoms with E-state index in [1.165, 1.54) is 6.33 Å². The van der Waals surface area contributed by atoms with Gasteiger partial charge in [-0.1, -0.05) is 0 Å². The third kappa shape index (κ3) is 2.55. The first kappa shape index (κ1) is 12.0. The normalized spacial score (nSPS) is 16.8. The summed E-state index contributed by atoms with van der Waals surface area (Å²) in [4.78, 5) is 14.7. The number of nitrogens with zero attached hydrogens (tertiary/aromatic N) is 5. The van der Waals surface area contributed by atoms with Crippen LogP contribution in [-0.4, -0.2) is 51.3 Å². The van der Waals surface area contributed by atoms with Crippen LogP contribution in [0.4, 0.5) is 5.95 Å². The van der Waals surface area contributed by atoms with Gasteiger partial charge in [0, 0.05) is 31.5 Å². The van der Waals surface area contributed by atoms with Crippen LogP contribution in [0.25, 0.3) is 11.4 Å². The fraction of sp³-hybridized carbons (Fsp3) is 0.500. The smallest absolute Gasteiger partial charge is 0.245 e. The van der Waals surface area contributed by atoms with Crippen LogP contribution in [0.3, 0.4) is 0 Å². The predicted molar refractivity (Wildman–Crippen MR) is 71.7 cm³/mol. The van der Waals surface area contributed by atoms with Gasteiger partial charge in [-0.2, -0.15) is 4.98 Å². The first-order valence-corrected chi connectivity index (χ1v) is 6.47. The van der Waals surface area contributed by atoms with E-state index in [4.69, 9.17) is 0 Å². The standard InChI is InChI=1S/C12H17N7/c1-13-10-2-4-19(5-3-10)12-16-11(17-18-12)9-6-14-8-15-7-9/h6-8,10,13H,2-5H2,1H3,(H,16,17,18). The largest absolute Gasteiger partial charge is 0.339 e. The van der Waals surface area contributed by atoms with E-state index < -0.39 is 0 Å². The summed E-state index contributed by atoms with van der Waals surface area (Å²) in [7, 11) is 2.01. The zero-order valence-corrected chi connectivity index (χ0v) is 10.9. The number of anilines is 1. The summed E-state index contributed by atoms with van der Waals surface area (Å²) in [6, 6.07) is 0.609. The van der Waals surface area contributed by atoms with Crippen LogP contribution in [0.2, 0.25) is 0 Å². The van der Waals surface area contributed by atoms with E-state index >= 15 is 0 Å². The maximum Gasteiger partial charge on any atom is 0.245 e. The summed E-state index contributed by atoms with van der Waals surface area (Å²) in [6.07, 6.45) is 7.20. The molecule has 2 N–H and O–H groups in total. The first-order chi connectivity index (χ1) is 9.36. The van der Waals surface area contributed by atoms with Gasteiger partial charge in [0.25, 0.3) is 0 Å². The van der Waals surface area contributed by atoms with Crippen molar-refractivity contribution in [2.45, 2.75) is 18.9 Å². The first-order valence-electron chi connectivity index (χ1n) is 6.47. The van der Waals surface area contributed by atoms with Gasteiger partial charge in [-0.15, -0.1) is 5.10 Å². The number of nitrogens with one attached hydrogen (secondary N) is 2. The molecule has 0 unspecified atom stereocenters. The van der Waals surface area contributed by atoms with E-state index in [1.54, 1.807) is 12.4 Å². The van der Waals surface area contributed by atoms with E-state index in [1.807, 2.05) is 7.05 Å². The fourth-order valence-electron chi connectivity index (χ4n) is 2.31. The van der Waals surface area contributed by atoms with Crippen LogP contribution in [0.1, 0.15) is 12.8 Å². The lowest BCUT2D eigenvalue weighted by molar-refractivity contribution is 0.439. The molecule has 100 valence electrons. The fourth-order valence-corrected chi connectivity index (χ4v) is 2.31. The molecular formula is C12H17N7. The third-order valence-corrected chi connectivity index (χ3v) is 3.49. The Bertz CT molecular complexity index is 516. The predicted octanol–water partition coefficient (Wildman–Crippen LogP) is 0.450. The van der Waals surface area contributed by atoms with Gasteiger partial charge in [0.2, 0.25) is 5.95 Å². The Balaban J connectivity index is 1.72. The highest BCUT2D eigenvalue weighted by Gasteiger charge is 2.20. The van der Waals surface area contributed by atoms with Crippen molar-refractivity contribution in [3.8, 4) is 11.4 Å². The molecule has 7 heteroatoms. The van der Waals surface area contributed by atoms with E-state index in [2.05, 4.69) is 35.4 Å². The van der Waals surface area contributed by atoms with Gasteiger partial charge in [-0.25, -0.2) is 9.97 Å². The lowest BCUT2D eigenvalue weighted by atomic mass is 10.1. The van der Waals surface area contributed by atoms with E-state index in [-0.39, 0.29) is 0 Å². The van der Waals surface area contributed by atoms with Crippen molar-refractivity contribution in [3.63, 3.8) is 0 Å². The monoisotopic (exact) mass is 259 g/mol. The summed E-state index contributed by atoms with van der Waals surface area (Å²) >= 11 is 0. The van der Waals surface area contributed by atoms with E-state index in [0.29, 0.717) is 11.9 Å². The Kier molecular flexibility index (Phi) is 3.37. The lowest BCUT2D eigenvalue weighted by Crippen LogP contribution is -2.41. The van der Waals surface area contributed by atoms with Crippen LogP contribution in [0, 0.1) is 0 Å². The van der Waals surface area contributed by atoms with Gasteiger partial charge < -0.3 is 10.2 Å². The molecule has 0 aliphatic carbocycles. The molecule has 0 spiro atoms. The van der Waals surface area contributed by atoms with Crippen molar-refractivity contribution in [1.82, 2.24) is 30.5 Å². The van der Waals surface area contributed by atoms with Crippen molar-refractivity contribution in [2.75, 3.05) is 25.0 Å². The van der Waals surface area contributed by atoms with Crippen molar-refractivity contribution >= 4 is 5.95 Å². The van der Waals surface area contributed by atoms with Gasteiger partial charge in [-0.05, 0) is 19.9 Å². The molecule has 3 heterocycles. The lowest BCUT2D eigenvalue weighted by Gasteiger charge is -2.30. The minimum Gasteiger partial charge on any atom is -0.339 e. The summed E-state index contributed by atoms with van der Waals surface area (Å²) in [5.41, 5.74) is 0.853. The molecule has 0 bridgehead atoms. The van der Waals surface area contributed by atoms with Crippen LogP contribution in [-0.2, 0) is 0 Å². The number of H-pyrrole nitrogens is 1. The number of aromatic amines is 1. The van der Waals surface area contributed by atoms with E-state index in [0.717, 1.165) is 37.4 Å². The Labute approximate surface area is 111 Å². The maximum atomic E-state index is 4.51. The molecule has 3 rings (SSSR count). The Morgan fingerprint density at radius 1 is 1.26 bits per heavy atom. The van der Waals surface area contributed by atoms with Crippen molar-refractivity contribution in [1.29, 1.82) is 0 Å². The minimum absolute atomic E-state index is 0.609. The second kappa shape index (κ2) is 5.31. The molecule has 0 atom stereocenters. The molecule has 1 aliphatic heterocycles. The molecule has 0 aromatic carbocycles. The molecule has 0 saturated carbocycles. The summed E-state index contributed by atoms with van der Waals surface area (Å²) in [5, 5.41) is 10.5. The Hall–Kier alpha value is -2.02. The van der Waals surface area contributed by atoms with Crippen molar-refractivity contribution < 1.29 is 0 Å². The average Bonchev–Trinajstić information content (AvgIpc) is 2.98. The van der Waals surface area contributed by atoms with E-state index in [9.17, 15) is 0 Å². The minimum atomic E-state index is 0.609. The molecule has 0 amide bonds. The zero-order valence-electron chi connectivity index (χ0n) is 10.9.